The van der Waals surface area contributed by atoms with Gasteiger partial charge in [0.25, 0.3) is 6.17 Å². The molecular formula is C16H13FO4. The van der Waals surface area contributed by atoms with E-state index in [0.717, 1.165) is 0 Å². The van der Waals surface area contributed by atoms with E-state index < -0.39 is 24.2 Å². The number of benzene rings is 2. The SMILES string of the molecule is O=C(O)C(F)C(=O)OC(c1ccccc1)c1ccccc1. The van der Waals surface area contributed by atoms with Gasteiger partial charge in [0.2, 0.25) is 0 Å². The van der Waals surface area contributed by atoms with Crippen molar-refractivity contribution >= 4 is 11.9 Å². The molecule has 1 N–H and O–H groups in total. The molecule has 0 heterocycles. The third kappa shape index (κ3) is 3.66. The van der Waals surface area contributed by atoms with Crippen molar-refractivity contribution in [2.45, 2.75) is 12.3 Å². The fourth-order valence-electron chi connectivity index (χ4n) is 1.86. The molecule has 0 bridgehead atoms. The minimum atomic E-state index is -2.69. The molecule has 0 radical (unpaired) electrons. The second kappa shape index (κ2) is 6.65. The summed E-state index contributed by atoms with van der Waals surface area (Å²) in [6.07, 6.45) is -3.54. The van der Waals surface area contributed by atoms with Gasteiger partial charge in [-0.05, 0) is 11.1 Å². The van der Waals surface area contributed by atoms with Gasteiger partial charge in [0.1, 0.15) is 0 Å². The van der Waals surface area contributed by atoms with Crippen LogP contribution >= 0.6 is 0 Å². The number of aliphatic carboxylic acids is 1. The molecule has 0 amide bonds. The van der Waals surface area contributed by atoms with Crippen LogP contribution in [0.1, 0.15) is 17.2 Å². The zero-order valence-electron chi connectivity index (χ0n) is 11.0. The highest BCUT2D eigenvalue weighted by Gasteiger charge is 2.30. The van der Waals surface area contributed by atoms with Crippen LogP contribution in [0.2, 0.25) is 0 Å². The molecule has 0 fully saturated rings. The minimum absolute atomic E-state index is 0.634. The quantitative estimate of drug-likeness (QED) is 0.678. The maximum Gasteiger partial charge on any atom is 0.353 e. The highest BCUT2D eigenvalue weighted by atomic mass is 19.1. The van der Waals surface area contributed by atoms with Crippen LogP contribution in [-0.4, -0.2) is 23.2 Å². The monoisotopic (exact) mass is 288 g/mol. The number of carboxylic acid groups (broad SMARTS) is 1. The highest BCUT2D eigenvalue weighted by molar-refractivity contribution is 5.97. The second-order valence-electron chi connectivity index (χ2n) is 4.34. The predicted molar refractivity (Wildman–Crippen MR) is 73.4 cm³/mol. The molecule has 5 heteroatoms. The first-order valence-corrected chi connectivity index (χ1v) is 6.27. The molecule has 0 aliphatic carbocycles. The molecule has 2 aromatic carbocycles. The summed E-state index contributed by atoms with van der Waals surface area (Å²) in [7, 11) is 0. The van der Waals surface area contributed by atoms with Crippen LogP contribution < -0.4 is 0 Å². The summed E-state index contributed by atoms with van der Waals surface area (Å²) < 4.78 is 18.3. The highest BCUT2D eigenvalue weighted by Crippen LogP contribution is 2.26. The normalized spacial score (nSPS) is 11.9. The maximum atomic E-state index is 13.2. The number of rotatable bonds is 5. The van der Waals surface area contributed by atoms with Gasteiger partial charge in [-0.25, -0.2) is 14.0 Å². The van der Waals surface area contributed by atoms with Crippen LogP contribution in [0.3, 0.4) is 0 Å². The summed E-state index contributed by atoms with van der Waals surface area (Å²) in [4.78, 5) is 22.1. The first-order chi connectivity index (χ1) is 10.1. The van der Waals surface area contributed by atoms with Gasteiger partial charge in [-0.2, -0.15) is 0 Å². The van der Waals surface area contributed by atoms with Crippen molar-refractivity contribution < 1.29 is 23.8 Å². The molecule has 4 nitrogen and oxygen atoms in total. The molecule has 108 valence electrons. The van der Waals surface area contributed by atoms with E-state index >= 15 is 0 Å². The predicted octanol–water partition coefficient (Wildman–Crippen LogP) is 2.74. The Kier molecular flexibility index (Phi) is 4.66. The Balaban J connectivity index is 2.30. The Labute approximate surface area is 120 Å². The number of carbonyl (C=O) groups is 2. The van der Waals surface area contributed by atoms with E-state index in [4.69, 9.17) is 9.84 Å². The van der Waals surface area contributed by atoms with E-state index in [1.807, 2.05) is 0 Å². The number of hydrogen-bond acceptors (Lipinski definition) is 3. The van der Waals surface area contributed by atoms with Gasteiger partial charge < -0.3 is 9.84 Å². The number of carbonyl (C=O) groups excluding carboxylic acids is 1. The lowest BCUT2D eigenvalue weighted by molar-refractivity contribution is -0.162. The standard InChI is InChI=1S/C16H13FO4/c17-13(15(18)19)16(20)21-14(11-7-3-1-4-8-11)12-9-5-2-6-10-12/h1-10,13-14H,(H,18,19). The van der Waals surface area contributed by atoms with E-state index in [1.165, 1.54) is 0 Å². The van der Waals surface area contributed by atoms with Gasteiger partial charge in [-0.1, -0.05) is 60.7 Å². The molecule has 0 aliphatic rings. The van der Waals surface area contributed by atoms with E-state index in [0.29, 0.717) is 11.1 Å². The van der Waals surface area contributed by atoms with Crippen molar-refractivity contribution in [2.75, 3.05) is 0 Å². The summed E-state index contributed by atoms with van der Waals surface area (Å²) in [6, 6.07) is 17.5. The first kappa shape index (κ1) is 14.7. The summed E-state index contributed by atoms with van der Waals surface area (Å²) >= 11 is 0. The van der Waals surface area contributed by atoms with Crippen LogP contribution in [0, 0.1) is 0 Å². The molecule has 1 unspecified atom stereocenters. The zero-order chi connectivity index (χ0) is 15.2. The molecule has 0 spiro atoms. The number of halogens is 1. The summed E-state index contributed by atoms with van der Waals surface area (Å²) in [6.45, 7) is 0. The summed E-state index contributed by atoms with van der Waals surface area (Å²) in [5.41, 5.74) is 1.27. The molecule has 2 aromatic rings. The average Bonchev–Trinajstić information content (AvgIpc) is 2.53. The Bertz CT molecular complexity index is 573. The van der Waals surface area contributed by atoms with Crippen LogP contribution in [0.4, 0.5) is 4.39 Å². The molecule has 0 saturated carbocycles. The lowest BCUT2D eigenvalue weighted by Crippen LogP contribution is -2.29. The Morgan fingerprint density at radius 1 is 0.905 bits per heavy atom. The third-order valence-corrected chi connectivity index (χ3v) is 2.86. The first-order valence-electron chi connectivity index (χ1n) is 6.27. The lowest BCUT2D eigenvalue weighted by atomic mass is 10.0. The molecule has 1 atom stereocenters. The van der Waals surface area contributed by atoms with E-state index in [2.05, 4.69) is 0 Å². The Morgan fingerprint density at radius 3 is 1.71 bits per heavy atom. The minimum Gasteiger partial charge on any atom is -0.479 e. The van der Waals surface area contributed by atoms with Gasteiger partial charge >= 0.3 is 11.9 Å². The Hall–Kier alpha value is -2.69. The van der Waals surface area contributed by atoms with Crippen molar-refractivity contribution in [2.24, 2.45) is 0 Å². The molecule has 0 aliphatic heterocycles. The van der Waals surface area contributed by atoms with Gasteiger partial charge in [0.05, 0.1) is 0 Å². The maximum absolute atomic E-state index is 13.2. The lowest BCUT2D eigenvalue weighted by Gasteiger charge is -2.19. The van der Waals surface area contributed by atoms with Crippen molar-refractivity contribution in [3.05, 3.63) is 71.8 Å². The van der Waals surface area contributed by atoms with Crippen molar-refractivity contribution in [3.63, 3.8) is 0 Å². The largest absolute Gasteiger partial charge is 0.479 e. The van der Waals surface area contributed by atoms with Crippen molar-refractivity contribution in [1.29, 1.82) is 0 Å². The van der Waals surface area contributed by atoms with Gasteiger partial charge in [0, 0.05) is 0 Å². The molecular weight excluding hydrogens is 275 g/mol. The number of carboxylic acids is 1. The summed E-state index contributed by atoms with van der Waals surface area (Å²) in [5.74, 6) is -3.28. The van der Waals surface area contributed by atoms with Gasteiger partial charge in [0.15, 0.2) is 6.10 Å². The molecule has 0 saturated heterocycles. The fourth-order valence-corrected chi connectivity index (χ4v) is 1.86. The van der Waals surface area contributed by atoms with Crippen LogP contribution in [0.15, 0.2) is 60.7 Å². The van der Waals surface area contributed by atoms with E-state index in [9.17, 15) is 14.0 Å². The average molecular weight is 288 g/mol. The van der Waals surface area contributed by atoms with Gasteiger partial charge in [-0.3, -0.25) is 0 Å². The van der Waals surface area contributed by atoms with Crippen LogP contribution in [0.25, 0.3) is 0 Å². The molecule has 2 rings (SSSR count). The second-order valence-corrected chi connectivity index (χ2v) is 4.34. The van der Waals surface area contributed by atoms with E-state index in [-0.39, 0.29) is 0 Å². The zero-order valence-corrected chi connectivity index (χ0v) is 11.0. The topological polar surface area (TPSA) is 63.6 Å². The Morgan fingerprint density at radius 2 is 1.33 bits per heavy atom. The smallest absolute Gasteiger partial charge is 0.353 e. The number of hydrogen-bond donors (Lipinski definition) is 1. The number of ether oxygens (including phenoxy) is 1. The van der Waals surface area contributed by atoms with E-state index in [1.54, 1.807) is 60.7 Å². The number of esters is 1. The van der Waals surface area contributed by atoms with Crippen molar-refractivity contribution in [3.8, 4) is 0 Å². The fraction of sp³-hybridized carbons (Fsp3) is 0.125. The van der Waals surface area contributed by atoms with Crippen molar-refractivity contribution in [1.82, 2.24) is 0 Å². The molecule has 0 aromatic heterocycles. The van der Waals surface area contributed by atoms with Crippen LogP contribution in [0.5, 0.6) is 0 Å². The van der Waals surface area contributed by atoms with Gasteiger partial charge in [-0.15, -0.1) is 0 Å². The summed E-state index contributed by atoms with van der Waals surface area (Å²) in [5, 5.41) is 8.53. The third-order valence-electron chi connectivity index (χ3n) is 2.86. The van der Waals surface area contributed by atoms with Crippen LogP contribution in [-0.2, 0) is 14.3 Å². The number of alkyl halides is 1. The molecule has 21 heavy (non-hydrogen) atoms.